The van der Waals surface area contributed by atoms with Crippen molar-refractivity contribution in [2.45, 2.75) is 32.4 Å². The fraction of sp³-hybridized carbons (Fsp3) is 0.500. The van der Waals surface area contributed by atoms with Gasteiger partial charge in [0.2, 0.25) is 0 Å². The number of rotatable bonds is 4. The molecule has 0 aromatic heterocycles. The highest BCUT2D eigenvalue weighted by Gasteiger charge is 2.17. The van der Waals surface area contributed by atoms with Crippen LogP contribution in [-0.4, -0.2) is 25.3 Å². The van der Waals surface area contributed by atoms with Gasteiger partial charge in [-0.25, -0.2) is 4.79 Å². The zero-order valence-electron chi connectivity index (χ0n) is 11.9. The van der Waals surface area contributed by atoms with E-state index in [9.17, 15) is 4.79 Å². The normalized spacial score (nSPS) is 12.7. The summed E-state index contributed by atoms with van der Waals surface area (Å²) in [5.41, 5.74) is 6.39. The van der Waals surface area contributed by atoms with Crippen LogP contribution in [0.2, 0.25) is 0 Å². The lowest BCUT2D eigenvalue weighted by molar-refractivity contribution is 0.0524. The van der Waals surface area contributed by atoms with Gasteiger partial charge in [0.25, 0.3) is 0 Å². The number of nitrogens with one attached hydrogen (secondary N) is 1. The summed E-state index contributed by atoms with van der Waals surface area (Å²) in [6.45, 7) is 5.75. The van der Waals surface area contributed by atoms with Gasteiger partial charge in [-0.2, -0.15) is 0 Å². The van der Waals surface area contributed by atoms with E-state index in [4.69, 9.17) is 15.2 Å². The van der Waals surface area contributed by atoms with E-state index < -0.39 is 11.7 Å². The maximum Gasteiger partial charge on any atom is 0.407 e. The van der Waals surface area contributed by atoms with E-state index in [0.717, 1.165) is 11.3 Å². The van der Waals surface area contributed by atoms with Crippen LogP contribution in [0.4, 0.5) is 4.79 Å². The van der Waals surface area contributed by atoms with Gasteiger partial charge in [0.1, 0.15) is 11.4 Å². The summed E-state index contributed by atoms with van der Waals surface area (Å²) in [6, 6.07) is 7.15. The average molecular weight is 266 g/mol. The van der Waals surface area contributed by atoms with E-state index in [2.05, 4.69) is 5.32 Å². The SMILES string of the molecule is COc1cccc([C@H](N)CNC(=O)OC(C)(C)C)c1. The molecule has 19 heavy (non-hydrogen) atoms. The van der Waals surface area contributed by atoms with E-state index in [-0.39, 0.29) is 6.04 Å². The standard InChI is InChI=1S/C14H22N2O3/c1-14(2,3)19-13(17)16-9-12(15)10-6-5-7-11(8-10)18-4/h5-8,12H,9,15H2,1-4H3,(H,16,17)/t12-/m1/s1. The number of nitrogens with two attached hydrogens (primary N) is 1. The van der Waals surface area contributed by atoms with Crippen molar-refractivity contribution in [2.24, 2.45) is 5.73 Å². The van der Waals surface area contributed by atoms with Crippen molar-refractivity contribution in [3.8, 4) is 5.75 Å². The van der Waals surface area contributed by atoms with E-state index >= 15 is 0 Å². The van der Waals surface area contributed by atoms with Gasteiger partial charge >= 0.3 is 6.09 Å². The molecule has 1 aromatic carbocycles. The molecule has 5 heteroatoms. The molecule has 1 atom stereocenters. The number of hydrogen-bond acceptors (Lipinski definition) is 4. The number of carbonyl (C=O) groups excluding carboxylic acids is 1. The third kappa shape index (κ3) is 5.61. The summed E-state index contributed by atoms with van der Waals surface area (Å²) >= 11 is 0. The summed E-state index contributed by atoms with van der Waals surface area (Å²) in [5.74, 6) is 0.741. The highest BCUT2D eigenvalue weighted by Crippen LogP contribution is 2.17. The highest BCUT2D eigenvalue weighted by molar-refractivity contribution is 5.67. The Morgan fingerprint density at radius 3 is 2.68 bits per heavy atom. The number of methoxy groups -OCH3 is 1. The molecular weight excluding hydrogens is 244 g/mol. The minimum Gasteiger partial charge on any atom is -0.497 e. The Kier molecular flexibility index (Phi) is 5.18. The molecular formula is C14H22N2O3. The quantitative estimate of drug-likeness (QED) is 0.876. The smallest absolute Gasteiger partial charge is 0.407 e. The number of hydrogen-bond donors (Lipinski definition) is 2. The van der Waals surface area contributed by atoms with Crippen LogP contribution in [0.1, 0.15) is 32.4 Å². The molecule has 0 aliphatic carbocycles. The van der Waals surface area contributed by atoms with Gasteiger partial charge in [0, 0.05) is 12.6 Å². The van der Waals surface area contributed by atoms with Crippen molar-refractivity contribution < 1.29 is 14.3 Å². The van der Waals surface area contributed by atoms with Crippen LogP contribution < -0.4 is 15.8 Å². The fourth-order valence-corrected chi connectivity index (χ4v) is 1.50. The van der Waals surface area contributed by atoms with Crippen molar-refractivity contribution in [2.75, 3.05) is 13.7 Å². The van der Waals surface area contributed by atoms with Crippen LogP contribution >= 0.6 is 0 Å². The Morgan fingerprint density at radius 2 is 2.11 bits per heavy atom. The molecule has 0 heterocycles. The van der Waals surface area contributed by atoms with Crippen molar-refractivity contribution in [3.63, 3.8) is 0 Å². The second-order valence-corrected chi connectivity index (χ2v) is 5.27. The molecule has 106 valence electrons. The highest BCUT2D eigenvalue weighted by atomic mass is 16.6. The number of amides is 1. The minimum atomic E-state index is -0.510. The Labute approximate surface area is 114 Å². The molecule has 0 saturated heterocycles. The summed E-state index contributed by atoms with van der Waals surface area (Å²) < 4.78 is 10.3. The molecule has 0 spiro atoms. The monoisotopic (exact) mass is 266 g/mol. The first-order valence-corrected chi connectivity index (χ1v) is 6.18. The van der Waals surface area contributed by atoms with Gasteiger partial charge in [-0.1, -0.05) is 12.1 Å². The average Bonchev–Trinajstić information content (AvgIpc) is 2.34. The lowest BCUT2D eigenvalue weighted by Gasteiger charge is -2.21. The summed E-state index contributed by atoms with van der Waals surface area (Å²) in [7, 11) is 1.60. The second kappa shape index (κ2) is 6.43. The van der Waals surface area contributed by atoms with Crippen LogP contribution in [0, 0.1) is 0 Å². The molecule has 1 rings (SSSR count). The molecule has 1 amide bonds. The number of benzene rings is 1. The van der Waals surface area contributed by atoms with E-state index in [0.29, 0.717) is 6.54 Å². The molecule has 0 fully saturated rings. The summed E-state index contributed by atoms with van der Waals surface area (Å²) in [6.07, 6.45) is -0.467. The Morgan fingerprint density at radius 1 is 1.42 bits per heavy atom. The maximum atomic E-state index is 11.5. The van der Waals surface area contributed by atoms with Crippen LogP contribution in [0.3, 0.4) is 0 Å². The first-order chi connectivity index (χ1) is 8.81. The molecule has 0 aliphatic rings. The Hall–Kier alpha value is -1.75. The van der Waals surface area contributed by atoms with E-state index in [1.54, 1.807) is 7.11 Å². The predicted octanol–water partition coefficient (Wildman–Crippen LogP) is 2.22. The lowest BCUT2D eigenvalue weighted by atomic mass is 10.1. The molecule has 0 radical (unpaired) electrons. The second-order valence-electron chi connectivity index (χ2n) is 5.27. The first kappa shape index (κ1) is 15.3. The van der Waals surface area contributed by atoms with Gasteiger partial charge in [0.15, 0.2) is 0 Å². The van der Waals surface area contributed by atoms with Crippen molar-refractivity contribution in [1.29, 1.82) is 0 Å². The number of ether oxygens (including phenoxy) is 2. The van der Waals surface area contributed by atoms with Crippen LogP contribution in [0.5, 0.6) is 5.75 Å². The van der Waals surface area contributed by atoms with Gasteiger partial charge < -0.3 is 20.5 Å². The van der Waals surface area contributed by atoms with Gasteiger partial charge in [0.05, 0.1) is 7.11 Å². The van der Waals surface area contributed by atoms with Crippen molar-refractivity contribution in [1.82, 2.24) is 5.32 Å². The first-order valence-electron chi connectivity index (χ1n) is 6.18. The minimum absolute atomic E-state index is 0.303. The molecule has 3 N–H and O–H groups in total. The zero-order valence-corrected chi connectivity index (χ0v) is 11.9. The Balaban J connectivity index is 2.51. The largest absolute Gasteiger partial charge is 0.497 e. The maximum absolute atomic E-state index is 11.5. The molecule has 0 unspecified atom stereocenters. The van der Waals surface area contributed by atoms with Crippen molar-refractivity contribution in [3.05, 3.63) is 29.8 Å². The molecule has 0 saturated carbocycles. The van der Waals surface area contributed by atoms with Crippen LogP contribution in [-0.2, 0) is 4.74 Å². The molecule has 0 aliphatic heterocycles. The predicted molar refractivity (Wildman–Crippen MR) is 74.2 cm³/mol. The van der Waals surface area contributed by atoms with E-state index in [1.807, 2.05) is 45.0 Å². The lowest BCUT2D eigenvalue weighted by Crippen LogP contribution is -2.36. The van der Waals surface area contributed by atoms with Gasteiger partial charge in [-0.15, -0.1) is 0 Å². The fourth-order valence-electron chi connectivity index (χ4n) is 1.50. The van der Waals surface area contributed by atoms with Crippen LogP contribution in [0.25, 0.3) is 0 Å². The molecule has 5 nitrogen and oxygen atoms in total. The molecule has 1 aromatic rings. The van der Waals surface area contributed by atoms with Gasteiger partial charge in [-0.05, 0) is 38.5 Å². The zero-order chi connectivity index (χ0) is 14.5. The van der Waals surface area contributed by atoms with Crippen molar-refractivity contribution >= 4 is 6.09 Å². The topological polar surface area (TPSA) is 73.6 Å². The number of alkyl carbamates (subject to hydrolysis) is 1. The summed E-state index contributed by atoms with van der Waals surface area (Å²) in [4.78, 5) is 11.5. The third-order valence-electron chi connectivity index (χ3n) is 2.39. The van der Waals surface area contributed by atoms with Crippen LogP contribution in [0.15, 0.2) is 24.3 Å². The van der Waals surface area contributed by atoms with Gasteiger partial charge in [-0.3, -0.25) is 0 Å². The molecule has 0 bridgehead atoms. The third-order valence-corrected chi connectivity index (χ3v) is 2.39. The Bertz CT molecular complexity index is 427. The summed E-state index contributed by atoms with van der Waals surface area (Å²) in [5, 5.41) is 2.65. The van der Waals surface area contributed by atoms with E-state index in [1.165, 1.54) is 0 Å². The number of carbonyl (C=O) groups is 1.